The van der Waals surface area contributed by atoms with Crippen molar-refractivity contribution in [1.82, 2.24) is 4.98 Å². The summed E-state index contributed by atoms with van der Waals surface area (Å²) in [4.78, 5) is 16.9. The first-order valence-electron chi connectivity index (χ1n) is 10.5. The Bertz CT molecular complexity index is 1270. The van der Waals surface area contributed by atoms with Gasteiger partial charge in [-0.3, -0.25) is 4.79 Å². The average Bonchev–Trinajstić information content (AvgIpc) is 3.33. The van der Waals surface area contributed by atoms with Gasteiger partial charge in [0, 0.05) is 23.9 Å². The molecular formula is C26H23ClN2O5. The van der Waals surface area contributed by atoms with Crippen LogP contribution in [-0.4, -0.2) is 25.1 Å². The Morgan fingerprint density at radius 2 is 1.79 bits per heavy atom. The maximum Gasteiger partial charge on any atom is 0.224 e. The molecule has 0 saturated heterocycles. The molecule has 174 valence electrons. The number of rotatable bonds is 9. The predicted octanol–water partition coefficient (Wildman–Crippen LogP) is 6.38. The van der Waals surface area contributed by atoms with Gasteiger partial charge >= 0.3 is 0 Å². The lowest BCUT2D eigenvalue weighted by Crippen LogP contribution is -2.13. The summed E-state index contributed by atoms with van der Waals surface area (Å²) in [5.41, 5.74) is 1.23. The van der Waals surface area contributed by atoms with Gasteiger partial charge in [-0.1, -0.05) is 29.8 Å². The number of hydrogen-bond donors (Lipinski definition) is 1. The number of amides is 1. The maximum atomic E-state index is 12.6. The molecule has 0 unspecified atom stereocenters. The van der Waals surface area contributed by atoms with E-state index in [4.69, 9.17) is 30.2 Å². The zero-order chi connectivity index (χ0) is 23.9. The van der Waals surface area contributed by atoms with Crippen LogP contribution in [0.4, 0.5) is 5.69 Å². The second kappa shape index (κ2) is 10.8. The minimum absolute atomic E-state index is 0.164. The Labute approximate surface area is 202 Å². The standard InChI is InChI=1S/C26H23ClN2O5/c1-31-19-9-10-20(23(15-19)32-2)24-16-28-26(34-24)13-12-25(30)29-21-14-17(27)8-11-22(21)33-18-6-4-3-5-7-18/h3-11,14-16H,12-13H2,1-2H3,(H,29,30). The van der Waals surface area contributed by atoms with Crippen LogP contribution >= 0.6 is 11.6 Å². The minimum atomic E-state index is -0.220. The van der Waals surface area contributed by atoms with E-state index < -0.39 is 0 Å². The molecule has 0 aliphatic carbocycles. The van der Waals surface area contributed by atoms with Crippen molar-refractivity contribution >= 4 is 23.2 Å². The van der Waals surface area contributed by atoms with Crippen LogP contribution in [0.3, 0.4) is 0 Å². The lowest BCUT2D eigenvalue weighted by Gasteiger charge is -2.12. The van der Waals surface area contributed by atoms with Gasteiger partial charge in [0.1, 0.15) is 17.2 Å². The third-order valence-electron chi connectivity index (χ3n) is 4.98. The first-order chi connectivity index (χ1) is 16.6. The molecule has 4 aromatic rings. The first-order valence-corrected chi connectivity index (χ1v) is 10.9. The van der Waals surface area contributed by atoms with E-state index >= 15 is 0 Å². The molecule has 1 aromatic heterocycles. The topological polar surface area (TPSA) is 82.8 Å². The van der Waals surface area contributed by atoms with Crippen molar-refractivity contribution < 1.29 is 23.4 Å². The molecule has 8 heteroatoms. The lowest BCUT2D eigenvalue weighted by molar-refractivity contribution is -0.116. The largest absolute Gasteiger partial charge is 0.497 e. The predicted molar refractivity (Wildman–Crippen MR) is 130 cm³/mol. The van der Waals surface area contributed by atoms with Gasteiger partial charge in [0.05, 0.1) is 31.7 Å². The number of methoxy groups -OCH3 is 2. The van der Waals surface area contributed by atoms with E-state index in [1.165, 1.54) is 0 Å². The molecule has 0 fully saturated rings. The van der Waals surface area contributed by atoms with E-state index in [-0.39, 0.29) is 12.3 Å². The van der Waals surface area contributed by atoms with E-state index in [2.05, 4.69) is 10.3 Å². The highest BCUT2D eigenvalue weighted by molar-refractivity contribution is 6.31. The van der Waals surface area contributed by atoms with Gasteiger partial charge in [-0.05, 0) is 42.5 Å². The van der Waals surface area contributed by atoms with Crippen molar-refractivity contribution in [2.45, 2.75) is 12.8 Å². The summed E-state index contributed by atoms with van der Waals surface area (Å²) in [6.45, 7) is 0. The summed E-state index contributed by atoms with van der Waals surface area (Å²) in [5, 5.41) is 3.35. The van der Waals surface area contributed by atoms with E-state index in [0.29, 0.717) is 51.8 Å². The Hall–Kier alpha value is -3.97. The number of aromatic nitrogens is 1. The number of ether oxygens (including phenoxy) is 3. The third-order valence-corrected chi connectivity index (χ3v) is 5.22. The molecule has 7 nitrogen and oxygen atoms in total. The minimum Gasteiger partial charge on any atom is -0.497 e. The van der Waals surface area contributed by atoms with Crippen molar-refractivity contribution in [3.8, 4) is 34.3 Å². The molecule has 0 spiro atoms. The van der Waals surface area contributed by atoms with Gasteiger partial charge in [-0.25, -0.2) is 4.98 Å². The SMILES string of the molecule is COc1ccc(-c2cnc(CCC(=O)Nc3cc(Cl)ccc3Oc3ccccc3)o2)c(OC)c1. The number of hydrogen-bond acceptors (Lipinski definition) is 6. The smallest absolute Gasteiger partial charge is 0.224 e. The second-order valence-electron chi connectivity index (χ2n) is 7.29. The molecule has 3 aromatic carbocycles. The van der Waals surface area contributed by atoms with Gasteiger partial charge in [0.25, 0.3) is 0 Å². The molecular weight excluding hydrogens is 456 g/mol. The fourth-order valence-corrected chi connectivity index (χ4v) is 3.46. The molecule has 1 heterocycles. The molecule has 0 radical (unpaired) electrons. The van der Waals surface area contributed by atoms with Crippen LogP contribution < -0.4 is 19.5 Å². The molecule has 0 atom stereocenters. The number of halogens is 1. The number of aryl methyl sites for hydroxylation is 1. The Kier molecular flexibility index (Phi) is 7.34. The molecule has 1 N–H and O–H groups in total. The van der Waals surface area contributed by atoms with Crippen LogP contribution in [0.25, 0.3) is 11.3 Å². The number of benzene rings is 3. The number of carbonyl (C=O) groups is 1. The van der Waals surface area contributed by atoms with Crippen molar-refractivity contribution in [3.05, 3.63) is 83.8 Å². The van der Waals surface area contributed by atoms with E-state index in [1.54, 1.807) is 44.7 Å². The van der Waals surface area contributed by atoms with Gasteiger partial charge in [0.2, 0.25) is 5.91 Å². The highest BCUT2D eigenvalue weighted by atomic mass is 35.5. The van der Waals surface area contributed by atoms with Crippen LogP contribution in [-0.2, 0) is 11.2 Å². The normalized spacial score (nSPS) is 10.6. The second-order valence-corrected chi connectivity index (χ2v) is 7.72. The maximum absolute atomic E-state index is 12.6. The zero-order valence-electron chi connectivity index (χ0n) is 18.7. The summed E-state index contributed by atoms with van der Waals surface area (Å²) in [6.07, 6.45) is 2.09. The summed E-state index contributed by atoms with van der Waals surface area (Å²) in [6, 6.07) is 19.8. The highest BCUT2D eigenvalue weighted by Crippen LogP contribution is 2.34. The Morgan fingerprint density at radius 3 is 2.56 bits per heavy atom. The van der Waals surface area contributed by atoms with E-state index in [1.807, 2.05) is 42.5 Å². The monoisotopic (exact) mass is 478 g/mol. The van der Waals surface area contributed by atoms with Gasteiger partial charge in [-0.15, -0.1) is 0 Å². The van der Waals surface area contributed by atoms with E-state index in [0.717, 1.165) is 5.56 Å². The lowest BCUT2D eigenvalue weighted by atomic mass is 10.1. The number of oxazole rings is 1. The van der Waals surface area contributed by atoms with Crippen LogP contribution in [0, 0.1) is 0 Å². The number of para-hydroxylation sites is 1. The van der Waals surface area contributed by atoms with Gasteiger partial charge < -0.3 is 23.9 Å². The first kappa shape index (κ1) is 23.2. The van der Waals surface area contributed by atoms with Crippen LogP contribution in [0.2, 0.25) is 5.02 Å². The third kappa shape index (κ3) is 5.68. The summed E-state index contributed by atoms with van der Waals surface area (Å²) >= 11 is 6.13. The van der Waals surface area contributed by atoms with Gasteiger partial charge in [-0.2, -0.15) is 0 Å². The molecule has 34 heavy (non-hydrogen) atoms. The van der Waals surface area contributed by atoms with Crippen LogP contribution in [0.15, 0.2) is 77.3 Å². The fraction of sp³-hybridized carbons (Fsp3) is 0.154. The Balaban J connectivity index is 1.41. The number of nitrogens with zero attached hydrogens (tertiary/aromatic N) is 1. The van der Waals surface area contributed by atoms with Crippen molar-refractivity contribution in [2.75, 3.05) is 19.5 Å². The summed E-state index contributed by atoms with van der Waals surface area (Å²) < 4.78 is 22.4. The van der Waals surface area contributed by atoms with Gasteiger partial charge in [0.15, 0.2) is 17.4 Å². The number of nitrogens with one attached hydrogen (secondary N) is 1. The molecule has 4 rings (SSSR count). The Morgan fingerprint density at radius 1 is 0.971 bits per heavy atom. The number of carbonyl (C=O) groups excluding carboxylic acids is 1. The molecule has 0 saturated carbocycles. The van der Waals surface area contributed by atoms with Crippen LogP contribution in [0.5, 0.6) is 23.0 Å². The summed E-state index contributed by atoms with van der Waals surface area (Å²) in [7, 11) is 3.16. The zero-order valence-corrected chi connectivity index (χ0v) is 19.5. The number of anilines is 1. The molecule has 0 aliphatic heterocycles. The molecule has 0 bridgehead atoms. The van der Waals surface area contributed by atoms with Crippen molar-refractivity contribution in [3.63, 3.8) is 0 Å². The van der Waals surface area contributed by atoms with Crippen molar-refractivity contribution in [2.24, 2.45) is 0 Å². The quantitative estimate of drug-likeness (QED) is 0.300. The molecule has 0 aliphatic rings. The van der Waals surface area contributed by atoms with E-state index in [9.17, 15) is 4.79 Å². The fourth-order valence-electron chi connectivity index (χ4n) is 3.29. The summed E-state index contributed by atoms with van der Waals surface area (Å²) in [5.74, 6) is 3.19. The molecule has 1 amide bonds. The van der Waals surface area contributed by atoms with Crippen molar-refractivity contribution in [1.29, 1.82) is 0 Å². The highest BCUT2D eigenvalue weighted by Gasteiger charge is 2.15. The average molecular weight is 479 g/mol. The van der Waals surface area contributed by atoms with Crippen LogP contribution in [0.1, 0.15) is 12.3 Å².